The number of anilines is 1. The molecule has 0 fully saturated rings. The molecule has 0 radical (unpaired) electrons. The van der Waals surface area contributed by atoms with Crippen LogP contribution in [0.3, 0.4) is 0 Å². The van der Waals surface area contributed by atoms with E-state index in [9.17, 15) is 4.79 Å². The Kier molecular flexibility index (Phi) is 5.29. The zero-order valence-electron chi connectivity index (χ0n) is 16.4. The molecule has 7 heteroatoms. The molecule has 0 saturated carbocycles. The highest BCUT2D eigenvalue weighted by Crippen LogP contribution is 2.28. The van der Waals surface area contributed by atoms with Crippen molar-refractivity contribution in [2.75, 3.05) is 12.4 Å². The van der Waals surface area contributed by atoms with Crippen LogP contribution in [-0.4, -0.2) is 27.8 Å². The minimum atomic E-state index is -0.147. The molecule has 0 aliphatic heterocycles. The summed E-state index contributed by atoms with van der Waals surface area (Å²) in [6.07, 6.45) is 1.65. The quantitative estimate of drug-likeness (QED) is 0.509. The van der Waals surface area contributed by atoms with Gasteiger partial charge in [0.2, 0.25) is 11.8 Å². The van der Waals surface area contributed by atoms with Gasteiger partial charge in [0.05, 0.1) is 7.11 Å². The van der Waals surface area contributed by atoms with Crippen LogP contribution in [0.15, 0.2) is 59.0 Å². The number of fused-ring (bicyclic) bond motifs is 1. The summed E-state index contributed by atoms with van der Waals surface area (Å²) in [6, 6.07) is 17.1. The number of carbonyl (C=O) groups is 1. The van der Waals surface area contributed by atoms with Gasteiger partial charge in [-0.05, 0) is 42.8 Å². The van der Waals surface area contributed by atoms with Crippen LogP contribution < -0.4 is 10.1 Å². The first-order chi connectivity index (χ1) is 14.2. The molecule has 1 N–H and O–H groups in total. The molecule has 2 aromatic heterocycles. The number of para-hydroxylation sites is 1. The van der Waals surface area contributed by atoms with Gasteiger partial charge < -0.3 is 19.0 Å². The average molecular weight is 390 g/mol. The molecule has 0 bridgehead atoms. The van der Waals surface area contributed by atoms with E-state index in [1.54, 1.807) is 31.4 Å². The fourth-order valence-electron chi connectivity index (χ4n) is 3.25. The SMILES string of the molecule is CCCc1nnc(-c2cc3ccccc3n2CC(=O)Nc2ccc(OC)cc2)o1. The van der Waals surface area contributed by atoms with Gasteiger partial charge in [-0.15, -0.1) is 10.2 Å². The summed E-state index contributed by atoms with van der Waals surface area (Å²) in [5.74, 6) is 1.61. The van der Waals surface area contributed by atoms with Crippen molar-refractivity contribution < 1.29 is 13.9 Å². The summed E-state index contributed by atoms with van der Waals surface area (Å²) in [4.78, 5) is 12.7. The molecule has 0 aliphatic carbocycles. The molecule has 0 unspecified atom stereocenters. The number of hydrogen-bond donors (Lipinski definition) is 1. The number of carbonyl (C=O) groups excluding carboxylic acids is 1. The average Bonchev–Trinajstić information content (AvgIpc) is 3.34. The maximum Gasteiger partial charge on any atom is 0.264 e. The van der Waals surface area contributed by atoms with Crippen molar-refractivity contribution in [1.82, 2.24) is 14.8 Å². The van der Waals surface area contributed by atoms with E-state index in [0.717, 1.165) is 35.2 Å². The van der Waals surface area contributed by atoms with Crippen LogP contribution >= 0.6 is 0 Å². The Morgan fingerprint density at radius 1 is 1.14 bits per heavy atom. The number of nitrogens with one attached hydrogen (secondary N) is 1. The topological polar surface area (TPSA) is 82.2 Å². The van der Waals surface area contributed by atoms with Gasteiger partial charge in [-0.2, -0.15) is 0 Å². The second kappa shape index (κ2) is 8.18. The Hall–Kier alpha value is -3.61. The van der Waals surface area contributed by atoms with Crippen molar-refractivity contribution in [3.05, 3.63) is 60.5 Å². The molecule has 0 aliphatic rings. The van der Waals surface area contributed by atoms with E-state index in [1.807, 2.05) is 34.9 Å². The van der Waals surface area contributed by atoms with Crippen LogP contribution in [-0.2, 0) is 17.8 Å². The lowest BCUT2D eigenvalue weighted by Gasteiger charge is -2.10. The maximum atomic E-state index is 12.7. The Bertz CT molecular complexity index is 1130. The number of aromatic nitrogens is 3. The van der Waals surface area contributed by atoms with E-state index < -0.39 is 0 Å². The van der Waals surface area contributed by atoms with Crippen LogP contribution in [0.5, 0.6) is 5.75 Å². The molecule has 4 aromatic rings. The van der Waals surface area contributed by atoms with Crippen molar-refractivity contribution in [2.24, 2.45) is 0 Å². The second-order valence-electron chi connectivity index (χ2n) is 6.70. The number of amides is 1. The Labute approximate surface area is 168 Å². The first-order valence-electron chi connectivity index (χ1n) is 9.53. The van der Waals surface area contributed by atoms with Crippen LogP contribution in [0.2, 0.25) is 0 Å². The fraction of sp³-hybridized carbons (Fsp3) is 0.227. The zero-order chi connectivity index (χ0) is 20.2. The molecule has 2 aromatic carbocycles. The van der Waals surface area contributed by atoms with Crippen molar-refractivity contribution in [2.45, 2.75) is 26.3 Å². The van der Waals surface area contributed by atoms with E-state index in [4.69, 9.17) is 9.15 Å². The van der Waals surface area contributed by atoms with E-state index in [2.05, 4.69) is 22.4 Å². The number of benzene rings is 2. The first-order valence-corrected chi connectivity index (χ1v) is 9.53. The molecule has 0 saturated heterocycles. The third-order valence-corrected chi connectivity index (χ3v) is 4.64. The van der Waals surface area contributed by atoms with Crippen molar-refractivity contribution in [1.29, 1.82) is 0 Å². The van der Waals surface area contributed by atoms with Crippen LogP contribution in [0.4, 0.5) is 5.69 Å². The third-order valence-electron chi connectivity index (χ3n) is 4.64. The predicted molar refractivity (Wildman–Crippen MR) is 111 cm³/mol. The molecule has 2 heterocycles. The smallest absolute Gasteiger partial charge is 0.264 e. The van der Waals surface area contributed by atoms with Crippen LogP contribution in [0.25, 0.3) is 22.5 Å². The van der Waals surface area contributed by atoms with Crippen LogP contribution in [0.1, 0.15) is 19.2 Å². The monoisotopic (exact) mass is 390 g/mol. The molecular formula is C22H22N4O3. The van der Waals surface area contributed by atoms with Gasteiger partial charge in [-0.3, -0.25) is 4.79 Å². The number of methoxy groups -OCH3 is 1. The molecule has 0 atom stereocenters. The molecule has 4 rings (SSSR count). The van der Waals surface area contributed by atoms with Gasteiger partial charge in [-0.25, -0.2) is 0 Å². The lowest BCUT2D eigenvalue weighted by Crippen LogP contribution is -2.19. The largest absolute Gasteiger partial charge is 0.497 e. The number of hydrogen-bond acceptors (Lipinski definition) is 5. The fourth-order valence-corrected chi connectivity index (χ4v) is 3.25. The van der Waals surface area contributed by atoms with Crippen LogP contribution in [0, 0.1) is 0 Å². The summed E-state index contributed by atoms with van der Waals surface area (Å²) in [7, 11) is 1.61. The highest BCUT2D eigenvalue weighted by Gasteiger charge is 2.18. The Balaban J connectivity index is 1.63. The van der Waals surface area contributed by atoms with Crippen molar-refractivity contribution in [3.63, 3.8) is 0 Å². The normalized spacial score (nSPS) is 11.0. The minimum absolute atomic E-state index is 0.125. The maximum absolute atomic E-state index is 12.7. The molecule has 1 amide bonds. The standard InChI is InChI=1S/C22H22N4O3/c1-3-6-21-24-25-22(29-21)19-13-15-7-4-5-8-18(15)26(19)14-20(27)23-16-9-11-17(28-2)12-10-16/h4-5,7-13H,3,6,14H2,1-2H3,(H,23,27). The number of rotatable bonds is 7. The molecule has 7 nitrogen and oxygen atoms in total. The molecule has 29 heavy (non-hydrogen) atoms. The van der Waals surface area contributed by atoms with E-state index >= 15 is 0 Å². The van der Waals surface area contributed by atoms with Crippen molar-refractivity contribution >= 4 is 22.5 Å². The van der Waals surface area contributed by atoms with Gasteiger partial charge in [-0.1, -0.05) is 25.1 Å². The van der Waals surface area contributed by atoms with Gasteiger partial charge in [0.15, 0.2) is 0 Å². The van der Waals surface area contributed by atoms with E-state index in [0.29, 0.717) is 17.5 Å². The van der Waals surface area contributed by atoms with Gasteiger partial charge >= 0.3 is 0 Å². The highest BCUT2D eigenvalue weighted by atomic mass is 16.5. The Morgan fingerprint density at radius 3 is 2.69 bits per heavy atom. The summed E-state index contributed by atoms with van der Waals surface area (Å²) in [5.41, 5.74) is 2.37. The second-order valence-corrected chi connectivity index (χ2v) is 6.70. The highest BCUT2D eigenvalue weighted by molar-refractivity contribution is 5.93. The van der Waals surface area contributed by atoms with Gasteiger partial charge in [0.1, 0.15) is 18.0 Å². The van der Waals surface area contributed by atoms with Crippen molar-refractivity contribution in [3.8, 4) is 17.3 Å². The zero-order valence-corrected chi connectivity index (χ0v) is 16.4. The third kappa shape index (κ3) is 3.99. The van der Waals surface area contributed by atoms with Gasteiger partial charge in [0, 0.05) is 23.0 Å². The summed E-state index contributed by atoms with van der Waals surface area (Å²) >= 11 is 0. The molecular weight excluding hydrogens is 368 g/mol. The number of aryl methyl sites for hydroxylation is 1. The summed E-state index contributed by atoms with van der Waals surface area (Å²) < 4.78 is 12.9. The first kappa shape index (κ1) is 18.7. The summed E-state index contributed by atoms with van der Waals surface area (Å²) in [6.45, 7) is 2.19. The molecule has 0 spiro atoms. The van der Waals surface area contributed by atoms with Gasteiger partial charge in [0.25, 0.3) is 5.89 Å². The summed E-state index contributed by atoms with van der Waals surface area (Å²) in [5, 5.41) is 12.2. The number of ether oxygens (including phenoxy) is 1. The minimum Gasteiger partial charge on any atom is -0.497 e. The number of nitrogens with zero attached hydrogens (tertiary/aromatic N) is 3. The van der Waals surface area contributed by atoms with E-state index in [-0.39, 0.29) is 12.5 Å². The lowest BCUT2D eigenvalue weighted by atomic mass is 10.2. The van der Waals surface area contributed by atoms with E-state index in [1.165, 1.54) is 0 Å². The molecule has 148 valence electrons. The Morgan fingerprint density at radius 2 is 1.93 bits per heavy atom. The predicted octanol–water partition coefficient (Wildman–Crippen LogP) is 4.29. The lowest BCUT2D eigenvalue weighted by molar-refractivity contribution is -0.116.